The molecule has 6 nitrogen and oxygen atoms in total. The van der Waals surface area contributed by atoms with E-state index in [0.29, 0.717) is 6.54 Å². The lowest BCUT2D eigenvalue weighted by Crippen LogP contribution is -2.53. The van der Waals surface area contributed by atoms with Crippen LogP contribution in [0.3, 0.4) is 0 Å². The second-order valence-corrected chi connectivity index (χ2v) is 5.97. The lowest BCUT2D eigenvalue weighted by Gasteiger charge is -2.31. The third kappa shape index (κ3) is 3.62. The molecule has 1 heterocycles. The third-order valence-electron chi connectivity index (χ3n) is 4.27. The number of nitrogens with one attached hydrogen (secondary N) is 1. The number of urea groups is 1. The Balaban J connectivity index is 2.00. The van der Waals surface area contributed by atoms with Gasteiger partial charge in [-0.1, -0.05) is 6.92 Å². The quantitative estimate of drug-likeness (QED) is 0.806. The lowest BCUT2D eigenvalue weighted by atomic mass is 10.1. The minimum atomic E-state index is -0.916. The average Bonchev–Trinajstić information content (AvgIpc) is 3.22. The number of amides is 2. The highest BCUT2D eigenvalue weighted by Crippen LogP contribution is 2.32. The Kier molecular flexibility index (Phi) is 4.86. The van der Waals surface area contributed by atoms with Crippen LogP contribution in [0.1, 0.15) is 32.6 Å². The maximum Gasteiger partial charge on any atom is 0.326 e. The molecule has 1 saturated heterocycles. The zero-order chi connectivity index (χ0) is 14.7. The van der Waals surface area contributed by atoms with Crippen molar-refractivity contribution in [3.05, 3.63) is 0 Å². The van der Waals surface area contributed by atoms with Crippen LogP contribution >= 0.6 is 0 Å². The van der Waals surface area contributed by atoms with Crippen LogP contribution in [0.5, 0.6) is 0 Å². The molecule has 20 heavy (non-hydrogen) atoms. The van der Waals surface area contributed by atoms with Gasteiger partial charge in [0.2, 0.25) is 0 Å². The van der Waals surface area contributed by atoms with Gasteiger partial charge >= 0.3 is 12.0 Å². The average molecular weight is 283 g/mol. The molecule has 0 radical (unpaired) electrons. The zero-order valence-corrected chi connectivity index (χ0v) is 12.3. The lowest BCUT2D eigenvalue weighted by molar-refractivity contribution is -0.139. The molecule has 2 aliphatic rings. The monoisotopic (exact) mass is 283 g/mol. The van der Waals surface area contributed by atoms with Crippen LogP contribution in [0.2, 0.25) is 0 Å². The molecule has 2 fully saturated rings. The number of hydrogen-bond acceptors (Lipinski definition) is 3. The molecule has 0 spiro atoms. The van der Waals surface area contributed by atoms with Gasteiger partial charge in [0.05, 0.1) is 0 Å². The number of carboxylic acids is 1. The number of carboxylic acid groups (broad SMARTS) is 1. The van der Waals surface area contributed by atoms with Crippen LogP contribution in [-0.2, 0) is 4.79 Å². The van der Waals surface area contributed by atoms with Crippen molar-refractivity contribution in [1.29, 1.82) is 0 Å². The summed E-state index contributed by atoms with van der Waals surface area (Å²) in [5.41, 5.74) is 0. The summed E-state index contributed by atoms with van der Waals surface area (Å²) >= 11 is 0. The summed E-state index contributed by atoms with van der Waals surface area (Å²) in [6.07, 6.45) is 3.62. The molecule has 2 atom stereocenters. The van der Waals surface area contributed by atoms with E-state index in [1.165, 1.54) is 0 Å². The van der Waals surface area contributed by atoms with E-state index in [0.717, 1.165) is 38.8 Å². The Morgan fingerprint density at radius 2 is 2.05 bits per heavy atom. The molecule has 1 saturated carbocycles. The fourth-order valence-corrected chi connectivity index (χ4v) is 2.89. The summed E-state index contributed by atoms with van der Waals surface area (Å²) in [5, 5.41) is 11.9. The highest BCUT2D eigenvalue weighted by Gasteiger charge is 2.38. The Labute approximate surface area is 120 Å². The molecule has 114 valence electrons. The molecule has 2 amide bonds. The van der Waals surface area contributed by atoms with Gasteiger partial charge in [-0.05, 0) is 45.2 Å². The minimum absolute atomic E-state index is 0.117. The second kappa shape index (κ2) is 6.43. The van der Waals surface area contributed by atoms with Crippen molar-refractivity contribution < 1.29 is 14.7 Å². The molecule has 6 heteroatoms. The number of carbonyl (C=O) groups excluding carboxylic acids is 1. The number of nitrogens with zero attached hydrogens (tertiary/aromatic N) is 2. The van der Waals surface area contributed by atoms with Crippen LogP contribution < -0.4 is 5.32 Å². The van der Waals surface area contributed by atoms with Gasteiger partial charge < -0.3 is 20.2 Å². The van der Waals surface area contributed by atoms with E-state index in [1.807, 2.05) is 4.90 Å². The van der Waals surface area contributed by atoms with Gasteiger partial charge in [-0.15, -0.1) is 0 Å². The summed E-state index contributed by atoms with van der Waals surface area (Å²) in [7, 11) is 2.06. The van der Waals surface area contributed by atoms with Crippen molar-refractivity contribution in [2.75, 3.05) is 26.7 Å². The molecule has 2 N–H and O–H groups in total. The predicted molar refractivity (Wildman–Crippen MR) is 75.6 cm³/mol. The number of likely N-dealkylation sites (N-methyl/N-ethyl adjacent to an activating group) is 1. The maximum atomic E-state index is 12.4. The van der Waals surface area contributed by atoms with E-state index in [9.17, 15) is 14.7 Å². The molecule has 2 unspecified atom stereocenters. The number of rotatable bonds is 4. The highest BCUT2D eigenvalue weighted by atomic mass is 16.4. The first-order chi connectivity index (χ1) is 9.52. The Morgan fingerprint density at radius 3 is 2.60 bits per heavy atom. The normalized spacial score (nSPS) is 25.9. The molecule has 0 aromatic carbocycles. The Morgan fingerprint density at radius 1 is 1.35 bits per heavy atom. The van der Waals surface area contributed by atoms with E-state index in [1.54, 1.807) is 0 Å². The minimum Gasteiger partial charge on any atom is -0.480 e. The number of hydrogen-bond donors (Lipinski definition) is 2. The molecular weight excluding hydrogens is 258 g/mol. The molecule has 0 bridgehead atoms. The molecule has 1 aliphatic carbocycles. The van der Waals surface area contributed by atoms with Gasteiger partial charge in [0.25, 0.3) is 0 Å². The highest BCUT2D eigenvalue weighted by molar-refractivity contribution is 5.83. The molecule has 0 aromatic heterocycles. The summed E-state index contributed by atoms with van der Waals surface area (Å²) in [6, 6.07) is -0.774. The van der Waals surface area contributed by atoms with Crippen LogP contribution in [-0.4, -0.2) is 65.7 Å². The van der Waals surface area contributed by atoms with E-state index in [2.05, 4.69) is 24.2 Å². The Hall–Kier alpha value is -1.30. The SMILES string of the molecule is CCC1CN(C)CCCN1C(=O)NC(C(=O)O)C1CC1. The number of aliphatic carboxylic acids is 1. The van der Waals surface area contributed by atoms with Gasteiger partial charge in [0.1, 0.15) is 6.04 Å². The second-order valence-electron chi connectivity index (χ2n) is 5.97. The zero-order valence-electron chi connectivity index (χ0n) is 12.3. The van der Waals surface area contributed by atoms with Crippen molar-refractivity contribution in [3.8, 4) is 0 Å². The van der Waals surface area contributed by atoms with E-state index < -0.39 is 12.0 Å². The summed E-state index contributed by atoms with van der Waals surface area (Å²) in [5.74, 6) is -0.799. The van der Waals surface area contributed by atoms with Crippen molar-refractivity contribution in [1.82, 2.24) is 15.1 Å². The van der Waals surface area contributed by atoms with E-state index in [-0.39, 0.29) is 18.0 Å². The molecule has 2 rings (SSSR count). The third-order valence-corrected chi connectivity index (χ3v) is 4.27. The van der Waals surface area contributed by atoms with Crippen LogP contribution in [0.4, 0.5) is 4.79 Å². The largest absolute Gasteiger partial charge is 0.480 e. The first-order valence-corrected chi connectivity index (χ1v) is 7.51. The first-order valence-electron chi connectivity index (χ1n) is 7.51. The molecule has 1 aliphatic heterocycles. The van der Waals surface area contributed by atoms with Gasteiger partial charge in [-0.25, -0.2) is 9.59 Å². The van der Waals surface area contributed by atoms with Crippen molar-refractivity contribution >= 4 is 12.0 Å². The summed E-state index contributed by atoms with van der Waals surface area (Å²) in [6.45, 7) is 4.60. The van der Waals surface area contributed by atoms with Gasteiger partial charge in [-0.3, -0.25) is 0 Å². The Bertz CT molecular complexity index is 371. The van der Waals surface area contributed by atoms with Crippen molar-refractivity contribution in [2.24, 2.45) is 5.92 Å². The standard InChI is InChI=1S/C14H25N3O3/c1-3-11-9-16(2)7-4-8-17(11)14(20)15-12(13(18)19)10-5-6-10/h10-12H,3-9H2,1-2H3,(H,15,20)(H,18,19). The van der Waals surface area contributed by atoms with Gasteiger partial charge in [0.15, 0.2) is 0 Å². The topological polar surface area (TPSA) is 72.9 Å². The summed E-state index contributed by atoms with van der Waals surface area (Å²) in [4.78, 5) is 27.7. The first kappa shape index (κ1) is 15.1. The van der Waals surface area contributed by atoms with Crippen LogP contribution in [0.15, 0.2) is 0 Å². The van der Waals surface area contributed by atoms with Gasteiger partial charge in [0, 0.05) is 19.1 Å². The van der Waals surface area contributed by atoms with Crippen LogP contribution in [0.25, 0.3) is 0 Å². The fourth-order valence-electron chi connectivity index (χ4n) is 2.89. The number of carbonyl (C=O) groups is 2. The van der Waals surface area contributed by atoms with Crippen molar-refractivity contribution in [3.63, 3.8) is 0 Å². The molecule has 0 aromatic rings. The fraction of sp³-hybridized carbons (Fsp3) is 0.857. The van der Waals surface area contributed by atoms with Gasteiger partial charge in [-0.2, -0.15) is 0 Å². The molecular formula is C14H25N3O3. The maximum absolute atomic E-state index is 12.4. The summed E-state index contributed by atoms with van der Waals surface area (Å²) < 4.78 is 0. The van der Waals surface area contributed by atoms with Crippen molar-refractivity contribution in [2.45, 2.75) is 44.7 Å². The predicted octanol–water partition coefficient (Wildman–Crippen LogP) is 0.975. The van der Waals surface area contributed by atoms with E-state index >= 15 is 0 Å². The van der Waals surface area contributed by atoms with E-state index in [4.69, 9.17) is 0 Å². The smallest absolute Gasteiger partial charge is 0.326 e. The van der Waals surface area contributed by atoms with Crippen LogP contribution in [0, 0.1) is 5.92 Å².